The van der Waals surface area contributed by atoms with E-state index in [4.69, 9.17) is 5.73 Å². The fourth-order valence-electron chi connectivity index (χ4n) is 0.869. The molecular weight excluding hydrogens is 195 g/mol. The molecule has 0 unspecified atom stereocenters. The Morgan fingerprint density at radius 2 is 1.93 bits per heavy atom. The lowest BCUT2D eigenvalue weighted by Crippen LogP contribution is -2.05. The lowest BCUT2D eigenvalue weighted by molar-refractivity contribution is -0.113. The highest BCUT2D eigenvalue weighted by molar-refractivity contribution is 5.90. The molecule has 0 bridgehead atoms. The van der Waals surface area contributed by atoms with E-state index in [2.05, 4.69) is 0 Å². The first-order valence-electron chi connectivity index (χ1n) is 3.63. The van der Waals surface area contributed by atoms with E-state index in [-0.39, 0.29) is 5.56 Å². The molecule has 1 rings (SSSR count). The van der Waals surface area contributed by atoms with Gasteiger partial charge in [0.05, 0.1) is 0 Å². The van der Waals surface area contributed by atoms with Gasteiger partial charge in [0.1, 0.15) is 5.82 Å². The molecule has 14 heavy (non-hydrogen) atoms. The molecule has 0 heterocycles. The van der Waals surface area contributed by atoms with Gasteiger partial charge in [-0.25, -0.2) is 13.2 Å². The third-order valence-electron chi connectivity index (χ3n) is 1.45. The molecule has 5 heteroatoms. The van der Waals surface area contributed by atoms with E-state index in [1.165, 1.54) is 0 Å². The summed E-state index contributed by atoms with van der Waals surface area (Å²) in [5, 5.41) is 0. The summed E-state index contributed by atoms with van der Waals surface area (Å²) < 4.78 is 38.1. The average molecular weight is 201 g/mol. The van der Waals surface area contributed by atoms with Crippen LogP contribution in [0.25, 0.3) is 6.08 Å². The van der Waals surface area contributed by atoms with Crippen LogP contribution in [-0.4, -0.2) is 5.91 Å². The van der Waals surface area contributed by atoms with Crippen molar-refractivity contribution in [1.82, 2.24) is 0 Å². The number of hydrogen-bond acceptors (Lipinski definition) is 1. The van der Waals surface area contributed by atoms with Crippen LogP contribution in [0.1, 0.15) is 5.56 Å². The molecule has 0 spiro atoms. The number of carbonyl (C=O) groups excluding carboxylic acids is 1. The first-order chi connectivity index (χ1) is 6.50. The smallest absolute Gasteiger partial charge is 0.241 e. The van der Waals surface area contributed by atoms with E-state index in [9.17, 15) is 18.0 Å². The van der Waals surface area contributed by atoms with Crippen LogP contribution >= 0.6 is 0 Å². The van der Waals surface area contributed by atoms with Gasteiger partial charge in [0.15, 0.2) is 11.6 Å². The molecule has 0 fully saturated rings. The molecule has 74 valence electrons. The Bertz CT molecular complexity index is 401. The van der Waals surface area contributed by atoms with Crippen molar-refractivity contribution in [2.45, 2.75) is 0 Å². The lowest BCUT2D eigenvalue weighted by Gasteiger charge is -1.98. The molecule has 0 aliphatic carbocycles. The molecule has 0 aromatic heterocycles. The molecule has 0 atom stereocenters. The molecular formula is C9H6F3NO. The third kappa shape index (κ3) is 2.35. The van der Waals surface area contributed by atoms with Gasteiger partial charge in [-0.15, -0.1) is 0 Å². The molecule has 1 amide bonds. The fourth-order valence-corrected chi connectivity index (χ4v) is 0.869. The molecule has 0 saturated heterocycles. The van der Waals surface area contributed by atoms with Gasteiger partial charge >= 0.3 is 0 Å². The summed E-state index contributed by atoms with van der Waals surface area (Å²) in [6.45, 7) is 0. The largest absolute Gasteiger partial charge is 0.366 e. The van der Waals surface area contributed by atoms with Crippen LogP contribution in [0.3, 0.4) is 0 Å². The summed E-state index contributed by atoms with van der Waals surface area (Å²) in [4.78, 5) is 10.3. The highest BCUT2D eigenvalue weighted by Crippen LogP contribution is 2.15. The minimum atomic E-state index is -1.31. The van der Waals surface area contributed by atoms with Crippen LogP contribution in [0.5, 0.6) is 0 Å². The predicted molar refractivity (Wildman–Crippen MR) is 44.5 cm³/mol. The first-order valence-corrected chi connectivity index (χ1v) is 3.63. The zero-order valence-corrected chi connectivity index (χ0v) is 6.93. The minimum absolute atomic E-state index is 0.360. The number of carbonyl (C=O) groups is 1. The molecule has 1 aromatic rings. The fraction of sp³-hybridized carbons (Fsp3) is 0. The summed E-state index contributed by atoms with van der Waals surface area (Å²) in [5.74, 6) is -4.28. The van der Waals surface area contributed by atoms with Crippen molar-refractivity contribution in [3.05, 3.63) is 41.2 Å². The van der Waals surface area contributed by atoms with Crippen molar-refractivity contribution in [2.75, 3.05) is 0 Å². The third-order valence-corrected chi connectivity index (χ3v) is 1.45. The van der Waals surface area contributed by atoms with Gasteiger partial charge in [0, 0.05) is 17.7 Å². The molecule has 0 saturated carbocycles. The summed E-state index contributed by atoms with van der Waals surface area (Å²) >= 11 is 0. The highest BCUT2D eigenvalue weighted by atomic mass is 19.2. The van der Waals surface area contributed by atoms with E-state index >= 15 is 0 Å². The van der Waals surface area contributed by atoms with Gasteiger partial charge in [-0.1, -0.05) is 0 Å². The van der Waals surface area contributed by atoms with Crippen molar-refractivity contribution in [3.8, 4) is 0 Å². The maximum atomic E-state index is 12.9. The maximum Gasteiger partial charge on any atom is 0.241 e. The molecule has 0 aliphatic heterocycles. The Hall–Kier alpha value is -1.78. The van der Waals surface area contributed by atoms with Gasteiger partial charge in [0.2, 0.25) is 5.91 Å². The minimum Gasteiger partial charge on any atom is -0.366 e. The van der Waals surface area contributed by atoms with Crippen LogP contribution in [0.15, 0.2) is 18.2 Å². The number of amides is 1. The van der Waals surface area contributed by atoms with E-state index in [1.807, 2.05) is 0 Å². The summed E-state index contributed by atoms with van der Waals surface area (Å²) in [7, 11) is 0. The zero-order chi connectivity index (χ0) is 10.7. The van der Waals surface area contributed by atoms with Crippen LogP contribution in [0.2, 0.25) is 0 Å². The van der Waals surface area contributed by atoms with Gasteiger partial charge in [-0.2, -0.15) is 0 Å². The predicted octanol–water partition coefficient (Wildman–Crippen LogP) is 1.60. The Morgan fingerprint density at radius 3 is 2.50 bits per heavy atom. The second-order valence-corrected chi connectivity index (χ2v) is 2.53. The highest BCUT2D eigenvalue weighted by Gasteiger charge is 2.08. The van der Waals surface area contributed by atoms with Crippen molar-refractivity contribution < 1.29 is 18.0 Å². The Kier molecular flexibility index (Phi) is 2.91. The number of primary amides is 1. The molecule has 2 nitrogen and oxygen atoms in total. The van der Waals surface area contributed by atoms with Crippen LogP contribution in [0, 0.1) is 17.5 Å². The normalized spacial score (nSPS) is 10.8. The number of nitrogens with two attached hydrogens (primary N) is 1. The summed E-state index contributed by atoms with van der Waals surface area (Å²) in [6.07, 6.45) is 1.72. The standard InChI is InChI=1S/C9H6F3NO/c10-6-3-5(1-2-8(13)14)9(12)7(11)4-6/h1-4H,(H2,13,14)/b2-1-. The Balaban J connectivity index is 3.14. The van der Waals surface area contributed by atoms with Crippen LogP contribution in [-0.2, 0) is 4.79 Å². The molecule has 2 N–H and O–H groups in total. The van der Waals surface area contributed by atoms with Gasteiger partial charge in [-0.3, -0.25) is 4.79 Å². The first kappa shape index (κ1) is 10.3. The van der Waals surface area contributed by atoms with Crippen LogP contribution in [0.4, 0.5) is 13.2 Å². The van der Waals surface area contributed by atoms with Crippen molar-refractivity contribution >= 4 is 12.0 Å². The van der Waals surface area contributed by atoms with Gasteiger partial charge in [-0.05, 0) is 12.1 Å². The van der Waals surface area contributed by atoms with Gasteiger partial charge < -0.3 is 5.73 Å². The van der Waals surface area contributed by atoms with Gasteiger partial charge in [0.25, 0.3) is 0 Å². The summed E-state index contributed by atoms with van der Waals surface area (Å²) in [5.41, 5.74) is 4.37. The average Bonchev–Trinajstić information content (AvgIpc) is 2.08. The SMILES string of the molecule is NC(=O)/C=C\c1cc(F)cc(F)c1F. The van der Waals surface area contributed by atoms with Crippen LogP contribution < -0.4 is 5.73 Å². The Labute approximate surface area is 77.8 Å². The van der Waals surface area contributed by atoms with Crippen molar-refractivity contribution in [2.24, 2.45) is 5.73 Å². The monoisotopic (exact) mass is 201 g/mol. The second-order valence-electron chi connectivity index (χ2n) is 2.53. The molecule has 0 aliphatic rings. The quantitative estimate of drug-likeness (QED) is 0.573. The second kappa shape index (κ2) is 3.95. The topological polar surface area (TPSA) is 43.1 Å². The number of hydrogen-bond donors (Lipinski definition) is 1. The number of benzene rings is 1. The van der Waals surface area contributed by atoms with E-state index in [0.717, 1.165) is 18.2 Å². The number of rotatable bonds is 2. The Morgan fingerprint density at radius 1 is 1.29 bits per heavy atom. The van der Waals surface area contributed by atoms with E-state index < -0.39 is 23.4 Å². The molecule has 0 radical (unpaired) electrons. The number of halogens is 3. The molecule has 1 aromatic carbocycles. The lowest BCUT2D eigenvalue weighted by atomic mass is 10.2. The summed E-state index contributed by atoms with van der Waals surface area (Å²) in [6, 6.07) is 1.18. The van der Waals surface area contributed by atoms with Crippen molar-refractivity contribution in [3.63, 3.8) is 0 Å². The maximum absolute atomic E-state index is 12.9. The van der Waals surface area contributed by atoms with Crippen molar-refractivity contribution in [1.29, 1.82) is 0 Å². The zero-order valence-electron chi connectivity index (χ0n) is 6.93. The van der Waals surface area contributed by atoms with E-state index in [0.29, 0.717) is 6.07 Å². The van der Waals surface area contributed by atoms with E-state index in [1.54, 1.807) is 0 Å².